The van der Waals surface area contributed by atoms with E-state index in [1.54, 1.807) is 18.2 Å². The van der Waals surface area contributed by atoms with Crippen LogP contribution in [0.1, 0.15) is 18.5 Å². The molecule has 0 aliphatic carbocycles. The third-order valence-corrected chi connectivity index (χ3v) is 5.25. The van der Waals surface area contributed by atoms with Gasteiger partial charge in [0.05, 0.1) is 16.5 Å². The van der Waals surface area contributed by atoms with Crippen LogP contribution in [0, 0.1) is 0 Å². The number of fused-ring (bicyclic) bond motifs is 1. The Morgan fingerprint density at radius 3 is 2.62 bits per heavy atom. The minimum absolute atomic E-state index is 0.115. The molecule has 2 N–H and O–H groups in total. The summed E-state index contributed by atoms with van der Waals surface area (Å²) in [4.78, 5) is 8.79. The smallest absolute Gasteiger partial charge is 0.240 e. The van der Waals surface area contributed by atoms with Gasteiger partial charge in [0.15, 0.2) is 0 Å². The maximum absolute atomic E-state index is 12.0. The lowest BCUT2D eigenvalue weighted by Crippen LogP contribution is -2.19. The zero-order valence-corrected chi connectivity index (χ0v) is 14.2. The maximum atomic E-state index is 12.0. The van der Waals surface area contributed by atoms with E-state index in [9.17, 15) is 8.42 Å². The largest absolute Gasteiger partial charge is 0.363 e. The van der Waals surface area contributed by atoms with Gasteiger partial charge in [0, 0.05) is 5.39 Å². The highest BCUT2D eigenvalue weighted by Gasteiger charge is 2.14. The number of hydrogen-bond acceptors (Lipinski definition) is 5. The molecule has 0 saturated carbocycles. The number of hydrogen-bond donors (Lipinski definition) is 2. The van der Waals surface area contributed by atoms with Gasteiger partial charge in [-0.15, -0.1) is 0 Å². The van der Waals surface area contributed by atoms with Crippen LogP contribution < -0.4 is 10.0 Å². The van der Waals surface area contributed by atoms with Gasteiger partial charge < -0.3 is 5.32 Å². The molecule has 24 heavy (non-hydrogen) atoms. The molecular formula is C17H18N4O2S. The molecule has 0 saturated heterocycles. The molecule has 0 aliphatic heterocycles. The molecule has 2 aromatic carbocycles. The first-order valence-corrected chi connectivity index (χ1v) is 8.99. The number of rotatable bonds is 5. The Morgan fingerprint density at radius 2 is 1.83 bits per heavy atom. The summed E-state index contributed by atoms with van der Waals surface area (Å²) in [6.45, 7) is 1.96. The van der Waals surface area contributed by atoms with Gasteiger partial charge in [-0.05, 0) is 43.8 Å². The zero-order chi connectivity index (χ0) is 17.2. The lowest BCUT2D eigenvalue weighted by Gasteiger charge is -2.17. The first-order valence-electron chi connectivity index (χ1n) is 7.51. The Morgan fingerprint density at radius 1 is 1.04 bits per heavy atom. The molecular weight excluding hydrogens is 324 g/mol. The molecule has 0 spiro atoms. The molecule has 0 amide bonds. The predicted molar refractivity (Wildman–Crippen MR) is 94.3 cm³/mol. The Bertz CT molecular complexity index is 968. The minimum Gasteiger partial charge on any atom is -0.363 e. The van der Waals surface area contributed by atoms with Crippen molar-refractivity contribution in [2.75, 3.05) is 12.4 Å². The number of anilines is 1. The van der Waals surface area contributed by atoms with Crippen molar-refractivity contribution in [3.05, 3.63) is 60.4 Å². The molecule has 0 bridgehead atoms. The minimum atomic E-state index is -3.47. The van der Waals surface area contributed by atoms with Crippen LogP contribution >= 0.6 is 0 Å². The van der Waals surface area contributed by atoms with Gasteiger partial charge >= 0.3 is 0 Å². The molecule has 3 aromatic rings. The topological polar surface area (TPSA) is 84.0 Å². The molecule has 1 unspecified atom stereocenters. The summed E-state index contributed by atoms with van der Waals surface area (Å²) < 4.78 is 26.2. The van der Waals surface area contributed by atoms with Gasteiger partial charge in [-0.3, -0.25) is 0 Å². The fraction of sp³-hybridized carbons (Fsp3) is 0.176. The Kier molecular flexibility index (Phi) is 4.46. The molecule has 6 nitrogen and oxygen atoms in total. The van der Waals surface area contributed by atoms with Gasteiger partial charge in [0.1, 0.15) is 12.1 Å². The van der Waals surface area contributed by atoms with Crippen molar-refractivity contribution >= 4 is 26.7 Å². The second-order valence-electron chi connectivity index (χ2n) is 5.39. The van der Waals surface area contributed by atoms with E-state index in [0.29, 0.717) is 0 Å². The summed E-state index contributed by atoms with van der Waals surface area (Å²) >= 11 is 0. The van der Waals surface area contributed by atoms with Crippen molar-refractivity contribution in [3.63, 3.8) is 0 Å². The van der Waals surface area contributed by atoms with Gasteiger partial charge in [-0.1, -0.05) is 24.3 Å². The van der Waals surface area contributed by atoms with Gasteiger partial charge in [0.2, 0.25) is 10.0 Å². The van der Waals surface area contributed by atoms with Crippen molar-refractivity contribution in [1.82, 2.24) is 14.7 Å². The predicted octanol–water partition coefficient (Wildman–Crippen LogP) is 2.71. The van der Waals surface area contributed by atoms with Crippen LogP contribution in [0.15, 0.2) is 59.8 Å². The van der Waals surface area contributed by atoms with E-state index in [-0.39, 0.29) is 10.9 Å². The Labute approximate surface area is 141 Å². The zero-order valence-electron chi connectivity index (χ0n) is 13.4. The van der Waals surface area contributed by atoms with Crippen LogP contribution in [-0.4, -0.2) is 25.4 Å². The van der Waals surface area contributed by atoms with Gasteiger partial charge in [-0.2, -0.15) is 0 Å². The van der Waals surface area contributed by atoms with Crippen LogP contribution in [0.4, 0.5) is 5.82 Å². The van der Waals surface area contributed by atoms with Crippen LogP contribution in [0.5, 0.6) is 0 Å². The second-order valence-corrected chi connectivity index (χ2v) is 7.27. The molecule has 1 atom stereocenters. The first-order chi connectivity index (χ1) is 11.5. The van der Waals surface area contributed by atoms with Crippen LogP contribution in [0.2, 0.25) is 0 Å². The quantitative estimate of drug-likeness (QED) is 0.745. The molecule has 3 rings (SSSR count). The fourth-order valence-electron chi connectivity index (χ4n) is 2.48. The number of aromatic nitrogens is 2. The lowest BCUT2D eigenvalue weighted by molar-refractivity contribution is 0.588. The highest BCUT2D eigenvalue weighted by atomic mass is 32.2. The SMILES string of the molecule is CNS(=O)(=O)c1cccc(C(C)Nc2ncnc3ccccc23)c1. The second kappa shape index (κ2) is 6.54. The van der Waals surface area contributed by atoms with Crippen molar-refractivity contribution < 1.29 is 8.42 Å². The van der Waals surface area contributed by atoms with Crippen LogP contribution in [0.3, 0.4) is 0 Å². The van der Waals surface area contributed by atoms with E-state index in [1.165, 1.54) is 13.4 Å². The number of para-hydroxylation sites is 1. The standard InChI is InChI=1S/C17H18N4O2S/c1-12(13-6-5-7-14(10-13)24(22,23)18-2)21-17-15-8-3-4-9-16(15)19-11-20-17/h3-12,18H,1-2H3,(H,19,20,21). The summed E-state index contributed by atoms with van der Waals surface area (Å²) in [5.41, 5.74) is 1.71. The van der Waals surface area contributed by atoms with E-state index >= 15 is 0 Å². The van der Waals surface area contributed by atoms with Gasteiger partial charge in [0.25, 0.3) is 0 Å². The number of benzene rings is 2. The van der Waals surface area contributed by atoms with Crippen LogP contribution in [-0.2, 0) is 10.0 Å². The average Bonchev–Trinajstić information content (AvgIpc) is 2.62. The molecule has 7 heteroatoms. The first kappa shape index (κ1) is 16.4. The fourth-order valence-corrected chi connectivity index (χ4v) is 3.26. The van der Waals surface area contributed by atoms with E-state index < -0.39 is 10.0 Å². The van der Waals surface area contributed by atoms with Crippen molar-refractivity contribution in [3.8, 4) is 0 Å². The third-order valence-electron chi connectivity index (χ3n) is 3.83. The molecule has 0 radical (unpaired) electrons. The van der Waals surface area contributed by atoms with E-state index in [2.05, 4.69) is 20.0 Å². The summed E-state index contributed by atoms with van der Waals surface area (Å²) in [5, 5.41) is 4.25. The van der Waals surface area contributed by atoms with E-state index in [4.69, 9.17) is 0 Å². The molecule has 124 valence electrons. The molecule has 1 aromatic heterocycles. The maximum Gasteiger partial charge on any atom is 0.240 e. The van der Waals surface area contributed by atoms with Crippen LogP contribution in [0.25, 0.3) is 10.9 Å². The molecule has 1 heterocycles. The van der Waals surface area contributed by atoms with E-state index in [0.717, 1.165) is 22.3 Å². The Hall–Kier alpha value is -2.51. The summed E-state index contributed by atoms with van der Waals surface area (Å²) in [6.07, 6.45) is 1.51. The van der Waals surface area contributed by atoms with Crippen molar-refractivity contribution in [1.29, 1.82) is 0 Å². The third kappa shape index (κ3) is 3.22. The molecule has 0 fully saturated rings. The highest BCUT2D eigenvalue weighted by Crippen LogP contribution is 2.24. The monoisotopic (exact) mass is 342 g/mol. The van der Waals surface area contributed by atoms with Gasteiger partial charge in [-0.25, -0.2) is 23.1 Å². The highest BCUT2D eigenvalue weighted by molar-refractivity contribution is 7.89. The summed E-state index contributed by atoms with van der Waals surface area (Å²) in [7, 11) is -2.07. The average molecular weight is 342 g/mol. The van der Waals surface area contributed by atoms with Crippen molar-refractivity contribution in [2.45, 2.75) is 17.9 Å². The summed E-state index contributed by atoms with van der Waals surface area (Å²) in [6, 6.07) is 14.5. The number of sulfonamides is 1. The summed E-state index contributed by atoms with van der Waals surface area (Å²) in [5.74, 6) is 0.718. The molecule has 0 aliphatic rings. The number of nitrogens with zero attached hydrogens (tertiary/aromatic N) is 2. The normalized spacial score (nSPS) is 12.9. The lowest BCUT2D eigenvalue weighted by atomic mass is 10.1. The Balaban J connectivity index is 1.92. The number of nitrogens with one attached hydrogen (secondary N) is 2. The van der Waals surface area contributed by atoms with E-state index in [1.807, 2.05) is 37.3 Å². The van der Waals surface area contributed by atoms with Crippen molar-refractivity contribution in [2.24, 2.45) is 0 Å².